The second-order valence-corrected chi connectivity index (χ2v) is 8.11. The fourth-order valence-corrected chi connectivity index (χ4v) is 5.09. The largest absolute Gasteiger partial charge is 0.471 e. The first kappa shape index (κ1) is 19.4. The third-order valence-electron chi connectivity index (χ3n) is 4.67. The number of thiophene rings is 1. The summed E-state index contributed by atoms with van der Waals surface area (Å²) < 4.78 is 72.6. The van der Waals surface area contributed by atoms with Crippen molar-refractivity contribution in [2.45, 2.75) is 49.5 Å². The molecular weight excluding hydrogens is 401 g/mol. The van der Waals surface area contributed by atoms with Gasteiger partial charge in [0.05, 0.1) is 10.4 Å². The number of nitrogens with zero attached hydrogens (tertiary/aromatic N) is 1. The molecule has 2 aliphatic rings. The number of halogens is 6. The molecule has 0 saturated carbocycles. The average molecular weight is 414 g/mol. The summed E-state index contributed by atoms with van der Waals surface area (Å²) >= 11 is 6.80. The van der Waals surface area contributed by atoms with E-state index in [0.29, 0.717) is 4.90 Å². The lowest BCUT2D eigenvalue weighted by molar-refractivity contribution is -0.210. The summed E-state index contributed by atoms with van der Waals surface area (Å²) in [7, 11) is 0. The first-order valence-corrected chi connectivity index (χ1v) is 8.78. The lowest BCUT2D eigenvalue weighted by Crippen LogP contribution is -2.60. The van der Waals surface area contributed by atoms with Crippen molar-refractivity contribution in [2.75, 3.05) is 6.61 Å². The molecule has 0 N–H and O–H groups in total. The van der Waals surface area contributed by atoms with Crippen LogP contribution < -0.4 is 0 Å². The van der Waals surface area contributed by atoms with Gasteiger partial charge in [0.2, 0.25) is 0 Å². The molecule has 0 radical (unpaired) electrons. The second-order valence-electron chi connectivity index (χ2n) is 6.43. The quantitative estimate of drug-likeness (QED) is 0.469. The van der Waals surface area contributed by atoms with Crippen LogP contribution in [0.15, 0.2) is 6.07 Å². The van der Waals surface area contributed by atoms with E-state index in [2.05, 4.69) is 5.92 Å². The number of likely N-dealkylation sites (tertiary alicyclic amines) is 1. The average Bonchev–Trinajstić information content (AvgIpc) is 2.94. The van der Waals surface area contributed by atoms with Crippen LogP contribution in [0.2, 0.25) is 4.34 Å². The summed E-state index contributed by atoms with van der Waals surface area (Å²) in [5.41, 5.74) is -1.59. The molecule has 0 aliphatic carbocycles. The van der Waals surface area contributed by atoms with Crippen LogP contribution in [0, 0.1) is 12.3 Å². The first-order valence-electron chi connectivity index (χ1n) is 7.59. The summed E-state index contributed by atoms with van der Waals surface area (Å²) in [5.74, 6) is -3.12. The Balaban J connectivity index is 2.03. The molecule has 3 nitrogen and oxygen atoms in total. The fourth-order valence-electron chi connectivity index (χ4n) is 3.65. The Kier molecular flexibility index (Phi) is 4.53. The van der Waals surface area contributed by atoms with Gasteiger partial charge in [-0.3, -0.25) is 4.79 Å². The number of carbonyl (C=O) groups is 1. The van der Waals surface area contributed by atoms with Crippen molar-refractivity contribution < 1.29 is 31.5 Å². The number of alkyl halides is 5. The van der Waals surface area contributed by atoms with Gasteiger partial charge in [0, 0.05) is 29.3 Å². The Morgan fingerprint density at radius 2 is 2.12 bits per heavy atom. The van der Waals surface area contributed by atoms with Gasteiger partial charge >= 0.3 is 12.1 Å². The minimum Gasteiger partial charge on any atom is -0.363 e. The lowest BCUT2D eigenvalue weighted by Gasteiger charge is -2.50. The number of carbonyl (C=O) groups excluding carboxylic acids is 1. The normalized spacial score (nSPS) is 30.8. The molecule has 0 aromatic carbocycles. The Labute approximate surface area is 155 Å². The maximum atomic E-state index is 14.2. The summed E-state index contributed by atoms with van der Waals surface area (Å²) in [6, 6.07) is -1.05. The van der Waals surface area contributed by atoms with E-state index in [1.165, 1.54) is 6.92 Å². The Morgan fingerprint density at radius 3 is 2.69 bits per heavy atom. The molecule has 1 spiro atoms. The van der Waals surface area contributed by atoms with E-state index >= 15 is 0 Å². The van der Waals surface area contributed by atoms with Crippen LogP contribution in [0.4, 0.5) is 22.0 Å². The van der Waals surface area contributed by atoms with Crippen LogP contribution in [0.5, 0.6) is 0 Å². The van der Waals surface area contributed by atoms with Crippen LogP contribution in [0.3, 0.4) is 0 Å². The smallest absolute Gasteiger partial charge is 0.363 e. The number of hydrogen-bond acceptors (Lipinski definition) is 3. The van der Waals surface area contributed by atoms with Crippen molar-refractivity contribution >= 4 is 28.8 Å². The molecular formula is C16H13ClF5NO2S. The summed E-state index contributed by atoms with van der Waals surface area (Å²) in [4.78, 5) is 12.5. The van der Waals surface area contributed by atoms with Gasteiger partial charge in [-0.05, 0) is 13.0 Å². The van der Waals surface area contributed by atoms with Crippen molar-refractivity contribution in [1.82, 2.24) is 4.90 Å². The molecule has 142 valence electrons. The van der Waals surface area contributed by atoms with Crippen LogP contribution in [-0.2, 0) is 21.1 Å². The van der Waals surface area contributed by atoms with E-state index in [1.54, 1.807) is 0 Å². The zero-order valence-corrected chi connectivity index (χ0v) is 14.9. The molecule has 0 bridgehead atoms. The molecule has 1 saturated heterocycles. The summed E-state index contributed by atoms with van der Waals surface area (Å²) in [6.07, 6.45) is -0.0129. The monoisotopic (exact) mass is 413 g/mol. The van der Waals surface area contributed by atoms with Crippen molar-refractivity contribution in [3.05, 3.63) is 20.8 Å². The maximum Gasteiger partial charge on any atom is 0.471 e. The molecule has 3 heterocycles. The third kappa shape index (κ3) is 2.98. The van der Waals surface area contributed by atoms with Crippen molar-refractivity contribution in [3.63, 3.8) is 0 Å². The maximum absolute atomic E-state index is 14.2. The van der Waals surface area contributed by atoms with Gasteiger partial charge in [0.1, 0.15) is 12.2 Å². The molecule has 1 amide bonds. The molecule has 0 unspecified atom stereocenters. The standard InChI is InChI=1S/C16H13ClF5NO2S/c1-3-9-6-14(5-8(2)23(9)13(24)16(20,21)22)12-10(4-11(17)26-12)15(18,19)7-25-14/h1,4,8-9H,5-7H2,2H3/t8-,9+,14-/m0/s1. The predicted octanol–water partition coefficient (Wildman–Crippen LogP) is 4.29. The van der Waals surface area contributed by atoms with Crippen LogP contribution in [0.1, 0.15) is 30.2 Å². The number of fused-ring (bicyclic) bond motifs is 2. The molecule has 1 aromatic rings. The van der Waals surface area contributed by atoms with Crippen LogP contribution >= 0.6 is 22.9 Å². The van der Waals surface area contributed by atoms with E-state index in [4.69, 9.17) is 22.8 Å². The highest BCUT2D eigenvalue weighted by atomic mass is 35.5. The van der Waals surface area contributed by atoms with Crippen molar-refractivity contribution in [1.29, 1.82) is 0 Å². The zero-order valence-electron chi connectivity index (χ0n) is 13.4. The van der Waals surface area contributed by atoms with Gasteiger partial charge in [-0.1, -0.05) is 17.5 Å². The van der Waals surface area contributed by atoms with Gasteiger partial charge in [-0.25, -0.2) is 0 Å². The molecule has 2 aliphatic heterocycles. The Morgan fingerprint density at radius 1 is 1.46 bits per heavy atom. The molecule has 1 aromatic heterocycles. The third-order valence-corrected chi connectivity index (χ3v) is 6.12. The van der Waals surface area contributed by atoms with Crippen LogP contribution in [0.25, 0.3) is 0 Å². The number of rotatable bonds is 0. The second kappa shape index (κ2) is 6.08. The minimum absolute atomic E-state index is 0.0904. The molecule has 3 rings (SSSR count). The SMILES string of the molecule is C#C[C@@H]1C[C@]2(C[C@H](C)N1C(=O)C(F)(F)F)OCC(F)(F)c1cc(Cl)sc12. The number of ether oxygens (including phenoxy) is 1. The highest BCUT2D eigenvalue weighted by Crippen LogP contribution is 2.54. The summed E-state index contributed by atoms with van der Waals surface area (Å²) in [6.45, 7) is 0.462. The zero-order chi connectivity index (χ0) is 19.5. The van der Waals surface area contributed by atoms with E-state index in [1.807, 2.05) is 0 Å². The van der Waals surface area contributed by atoms with E-state index < -0.39 is 42.3 Å². The van der Waals surface area contributed by atoms with Crippen molar-refractivity contribution in [2.24, 2.45) is 0 Å². The lowest BCUT2D eigenvalue weighted by atomic mass is 9.78. The number of terminal acetylenes is 1. The van der Waals surface area contributed by atoms with Gasteiger partial charge in [0.15, 0.2) is 0 Å². The van der Waals surface area contributed by atoms with E-state index in [-0.39, 0.29) is 27.6 Å². The fraction of sp³-hybridized carbons (Fsp3) is 0.562. The van der Waals surface area contributed by atoms with Crippen molar-refractivity contribution in [3.8, 4) is 12.3 Å². The minimum atomic E-state index is -5.08. The molecule has 1 fully saturated rings. The predicted molar refractivity (Wildman–Crippen MR) is 85.1 cm³/mol. The van der Waals surface area contributed by atoms with E-state index in [9.17, 15) is 26.7 Å². The van der Waals surface area contributed by atoms with Gasteiger partial charge < -0.3 is 9.64 Å². The van der Waals surface area contributed by atoms with Gasteiger partial charge in [-0.2, -0.15) is 22.0 Å². The summed E-state index contributed by atoms with van der Waals surface area (Å²) in [5, 5.41) is 0. The number of hydrogen-bond donors (Lipinski definition) is 0. The van der Waals surface area contributed by atoms with Gasteiger partial charge in [0.25, 0.3) is 5.92 Å². The molecule has 10 heteroatoms. The Hall–Kier alpha value is -1.37. The number of amides is 1. The number of piperidine rings is 1. The van der Waals surface area contributed by atoms with Gasteiger partial charge in [-0.15, -0.1) is 17.8 Å². The highest BCUT2D eigenvalue weighted by Gasteiger charge is 2.57. The molecule has 3 atom stereocenters. The Bertz CT molecular complexity index is 787. The molecule has 26 heavy (non-hydrogen) atoms. The van der Waals surface area contributed by atoms with E-state index in [0.717, 1.165) is 17.4 Å². The van der Waals surface area contributed by atoms with Crippen LogP contribution in [-0.4, -0.2) is 35.7 Å². The first-order chi connectivity index (χ1) is 11.9. The topological polar surface area (TPSA) is 29.5 Å². The highest BCUT2D eigenvalue weighted by molar-refractivity contribution is 7.16.